The quantitative estimate of drug-likeness (QED) is 0.321. The first-order valence-corrected chi connectivity index (χ1v) is 8.37. The van der Waals surface area contributed by atoms with Crippen LogP contribution >= 0.6 is 7.37 Å². The van der Waals surface area contributed by atoms with Crippen molar-refractivity contribution in [3.8, 4) is 0 Å². The fraction of sp³-hybridized carbons (Fsp3) is 0.357. The minimum Gasteiger partial charge on any atom is -0.466 e. The molecule has 2 atom stereocenters. The smallest absolute Gasteiger partial charge is 0.354 e. The van der Waals surface area contributed by atoms with E-state index in [1.54, 1.807) is 18.2 Å². The summed E-state index contributed by atoms with van der Waals surface area (Å²) in [6.45, 7) is 1.34. The largest absolute Gasteiger partial charge is 0.466 e. The Kier molecular flexibility index (Phi) is 6.65. The Morgan fingerprint density at radius 3 is 2.21 bits per heavy atom. The first-order valence-electron chi connectivity index (χ1n) is 6.75. The molecule has 0 bridgehead atoms. The van der Waals surface area contributed by atoms with E-state index < -0.39 is 24.7 Å². The van der Waals surface area contributed by atoms with E-state index in [4.69, 9.17) is 19.7 Å². The van der Waals surface area contributed by atoms with Gasteiger partial charge < -0.3 is 19.7 Å². The maximum Gasteiger partial charge on any atom is 0.354 e. The highest BCUT2D eigenvalue weighted by Gasteiger charge is 2.60. The van der Waals surface area contributed by atoms with Crippen molar-refractivity contribution >= 4 is 30.4 Å². The molecule has 0 aliphatic carbocycles. The summed E-state index contributed by atoms with van der Waals surface area (Å²) in [6.07, 6.45) is 0. The number of rotatable bonds is 7. The highest BCUT2D eigenvalue weighted by Crippen LogP contribution is 2.59. The van der Waals surface area contributed by atoms with Crippen LogP contribution in [-0.2, 0) is 23.4 Å². The minimum atomic E-state index is -4.00. The molecule has 132 valence electrons. The summed E-state index contributed by atoms with van der Waals surface area (Å²) < 4.78 is 29.0. The van der Waals surface area contributed by atoms with Crippen LogP contribution < -0.4 is 16.5 Å². The number of hydrazone groups is 1. The van der Waals surface area contributed by atoms with Gasteiger partial charge in [0, 0.05) is 19.5 Å². The molecule has 3 N–H and O–H groups in total. The Morgan fingerprint density at radius 2 is 1.79 bits per heavy atom. The lowest BCUT2D eigenvalue weighted by atomic mass is 10.2. The zero-order valence-electron chi connectivity index (χ0n) is 13.8. The topological polar surface area (TPSA) is 129 Å². The molecule has 24 heavy (non-hydrogen) atoms. The maximum atomic E-state index is 13.7. The fourth-order valence-electron chi connectivity index (χ4n) is 2.23. The Balaban J connectivity index is 3.68. The van der Waals surface area contributed by atoms with Gasteiger partial charge >= 0.3 is 12.0 Å². The normalized spacial score (nSPS) is 16.6. The van der Waals surface area contributed by atoms with Crippen LogP contribution in [0.4, 0.5) is 4.79 Å². The van der Waals surface area contributed by atoms with E-state index in [9.17, 15) is 14.2 Å². The van der Waals surface area contributed by atoms with Gasteiger partial charge in [-0.1, -0.05) is 18.2 Å². The molecule has 2 unspecified atom stereocenters. The van der Waals surface area contributed by atoms with Crippen LogP contribution in [0.2, 0.25) is 0 Å². The number of nitrogens with two attached hydrogens (primary N) is 1. The third-order valence-corrected chi connectivity index (χ3v) is 6.36. The van der Waals surface area contributed by atoms with Crippen molar-refractivity contribution in [3.63, 3.8) is 0 Å². The molecule has 0 aliphatic heterocycles. The molecule has 9 nitrogen and oxygen atoms in total. The number of esters is 1. The van der Waals surface area contributed by atoms with Crippen molar-refractivity contribution in [2.75, 3.05) is 21.3 Å². The number of nitrogens with zero attached hydrogens (tertiary/aromatic N) is 1. The number of carbonyl (C=O) groups is 2. The SMILES string of the molecule is COC(=O)C(OC)(/C(C)=N/NC(N)=O)P(=O)(OC)c1ccccc1. The van der Waals surface area contributed by atoms with Gasteiger partial charge in [0.25, 0.3) is 12.7 Å². The summed E-state index contributed by atoms with van der Waals surface area (Å²) in [5.74, 6) is -0.994. The average molecular weight is 357 g/mol. The standard InChI is InChI=1S/C14H20N3O6P/c1-10(16-17-13(15)19)14(22-3,12(18)21-2)24(20,23-4)11-8-6-5-7-9-11/h5-9H,1-4H3,(H3,15,17,19)/b16-10+. The Hall–Kier alpha value is -2.22. The summed E-state index contributed by atoms with van der Waals surface area (Å²) in [5.41, 5.74) is 6.80. The Labute approximate surface area is 139 Å². The van der Waals surface area contributed by atoms with E-state index in [2.05, 4.69) is 5.10 Å². The van der Waals surface area contributed by atoms with Crippen molar-refractivity contribution in [3.05, 3.63) is 30.3 Å². The van der Waals surface area contributed by atoms with Gasteiger partial charge in [-0.25, -0.2) is 15.0 Å². The van der Waals surface area contributed by atoms with Crippen molar-refractivity contribution in [1.82, 2.24) is 5.43 Å². The van der Waals surface area contributed by atoms with Gasteiger partial charge in [-0.2, -0.15) is 5.10 Å². The summed E-state index contributed by atoms with van der Waals surface area (Å²) in [6, 6.07) is 7.06. The van der Waals surface area contributed by atoms with E-state index in [0.717, 1.165) is 14.2 Å². The molecule has 2 amide bonds. The number of hydrogen-bond acceptors (Lipinski definition) is 7. The first-order chi connectivity index (χ1) is 11.3. The van der Waals surface area contributed by atoms with Gasteiger partial charge in [-0.15, -0.1) is 0 Å². The van der Waals surface area contributed by atoms with Crippen LogP contribution in [0.5, 0.6) is 0 Å². The molecular weight excluding hydrogens is 337 g/mol. The van der Waals surface area contributed by atoms with Crippen LogP contribution in [-0.4, -0.2) is 44.4 Å². The van der Waals surface area contributed by atoms with Crippen molar-refractivity contribution in [2.24, 2.45) is 10.8 Å². The van der Waals surface area contributed by atoms with E-state index in [1.165, 1.54) is 26.2 Å². The Morgan fingerprint density at radius 1 is 1.21 bits per heavy atom. The third kappa shape index (κ3) is 3.33. The predicted molar refractivity (Wildman–Crippen MR) is 88.3 cm³/mol. The summed E-state index contributed by atoms with van der Waals surface area (Å²) >= 11 is 0. The zero-order valence-corrected chi connectivity index (χ0v) is 14.7. The van der Waals surface area contributed by atoms with Crippen molar-refractivity contribution in [1.29, 1.82) is 0 Å². The number of benzene rings is 1. The van der Waals surface area contributed by atoms with E-state index in [-0.39, 0.29) is 11.0 Å². The van der Waals surface area contributed by atoms with Crippen LogP contribution in [0.25, 0.3) is 0 Å². The number of amides is 2. The lowest BCUT2D eigenvalue weighted by Crippen LogP contribution is -2.51. The molecule has 10 heteroatoms. The molecule has 1 aromatic rings. The molecule has 0 fully saturated rings. The van der Waals surface area contributed by atoms with Crippen LogP contribution in [0.1, 0.15) is 6.92 Å². The Bertz CT molecular complexity index is 678. The van der Waals surface area contributed by atoms with Gasteiger partial charge in [0.1, 0.15) is 0 Å². The second-order valence-electron chi connectivity index (χ2n) is 4.58. The molecule has 0 saturated carbocycles. The highest BCUT2D eigenvalue weighted by atomic mass is 31.2. The molecule has 0 saturated heterocycles. The molecule has 0 aromatic heterocycles. The molecule has 0 spiro atoms. The minimum absolute atomic E-state index is 0.148. The van der Waals surface area contributed by atoms with Gasteiger partial charge in [0.05, 0.1) is 12.8 Å². The van der Waals surface area contributed by atoms with E-state index in [1.807, 2.05) is 5.43 Å². The lowest BCUT2D eigenvalue weighted by Gasteiger charge is -2.35. The molecule has 1 rings (SSSR count). The number of ether oxygens (including phenoxy) is 2. The van der Waals surface area contributed by atoms with Crippen LogP contribution in [0.3, 0.4) is 0 Å². The lowest BCUT2D eigenvalue weighted by molar-refractivity contribution is -0.151. The first kappa shape index (κ1) is 19.8. The molecule has 1 aromatic carbocycles. The van der Waals surface area contributed by atoms with E-state index >= 15 is 0 Å². The van der Waals surface area contributed by atoms with Crippen molar-refractivity contribution < 1.29 is 28.2 Å². The van der Waals surface area contributed by atoms with Gasteiger partial charge in [0.2, 0.25) is 0 Å². The summed E-state index contributed by atoms with van der Waals surface area (Å²) in [5, 5.41) is 1.71. The van der Waals surface area contributed by atoms with Crippen LogP contribution in [0.15, 0.2) is 35.4 Å². The number of primary amides is 1. The molecule has 0 radical (unpaired) electrons. The number of urea groups is 1. The second-order valence-corrected chi connectivity index (χ2v) is 7.20. The predicted octanol–water partition coefficient (Wildman–Crippen LogP) is 0.796. The van der Waals surface area contributed by atoms with Gasteiger partial charge in [-0.05, 0) is 19.1 Å². The molecule has 0 heterocycles. The molecule has 0 aliphatic rings. The summed E-state index contributed by atoms with van der Waals surface area (Å²) in [7, 11) is -0.554. The zero-order chi connectivity index (χ0) is 18.4. The maximum absolute atomic E-state index is 13.7. The van der Waals surface area contributed by atoms with Gasteiger partial charge in [0.15, 0.2) is 0 Å². The number of nitrogens with one attached hydrogen (secondary N) is 1. The summed E-state index contributed by atoms with van der Waals surface area (Å²) in [4.78, 5) is 23.4. The highest BCUT2D eigenvalue weighted by molar-refractivity contribution is 7.70. The number of hydrogen-bond donors (Lipinski definition) is 2. The monoisotopic (exact) mass is 357 g/mol. The fourth-order valence-corrected chi connectivity index (χ4v) is 4.67. The molecular formula is C14H20N3O6P. The second kappa shape index (κ2) is 8.05. The van der Waals surface area contributed by atoms with Crippen molar-refractivity contribution in [2.45, 2.75) is 12.3 Å². The van der Waals surface area contributed by atoms with E-state index in [0.29, 0.717) is 0 Å². The third-order valence-electron chi connectivity index (χ3n) is 3.35. The average Bonchev–Trinajstić information content (AvgIpc) is 2.60. The number of methoxy groups -OCH3 is 2. The van der Waals surface area contributed by atoms with Gasteiger partial charge in [-0.3, -0.25) is 4.57 Å². The number of carbonyl (C=O) groups excluding carboxylic acids is 2. The van der Waals surface area contributed by atoms with Crippen LogP contribution in [0, 0.1) is 0 Å².